The van der Waals surface area contributed by atoms with Crippen LogP contribution in [-0.4, -0.2) is 13.4 Å². The van der Waals surface area contributed by atoms with Crippen molar-refractivity contribution >= 4 is 20.7 Å². The van der Waals surface area contributed by atoms with Gasteiger partial charge in [-0.05, 0) is 16.3 Å². The largest absolute Gasteiger partial charge is 0.266 e. The predicted octanol–water partition coefficient (Wildman–Crippen LogP) is 2.85. The van der Waals surface area contributed by atoms with Crippen molar-refractivity contribution in [2.45, 2.75) is 9.79 Å². The third-order valence-electron chi connectivity index (χ3n) is 3.38. The van der Waals surface area contributed by atoms with Crippen LogP contribution in [0.15, 0.2) is 58.5 Å². The summed E-state index contributed by atoms with van der Waals surface area (Å²) in [4.78, 5) is 4.98. The molecule has 1 aliphatic heterocycles. The molecule has 0 aliphatic carbocycles. The minimum absolute atomic E-state index is 0. The molecule has 3 nitrogen and oxygen atoms in total. The molecule has 1 radical (unpaired) electrons. The van der Waals surface area contributed by atoms with Gasteiger partial charge in [0.2, 0.25) is 0 Å². The molecule has 2 aromatic carbocycles. The number of fused-ring (bicyclic) bond motifs is 5. The Morgan fingerprint density at radius 2 is 1.85 bits per heavy atom. The molecular formula is C15H8IrNO2S-. The summed E-state index contributed by atoms with van der Waals surface area (Å²) in [5, 5.41) is 0.932. The van der Waals surface area contributed by atoms with E-state index in [9.17, 15) is 8.42 Å². The molecule has 0 amide bonds. The van der Waals surface area contributed by atoms with Crippen molar-refractivity contribution in [1.29, 1.82) is 0 Å². The molecule has 0 N–H and O–H groups in total. The van der Waals surface area contributed by atoms with Gasteiger partial charge in [0.05, 0.1) is 0 Å². The van der Waals surface area contributed by atoms with Gasteiger partial charge in [-0.15, -0.1) is 29.8 Å². The number of nitrogens with zero attached hydrogens (tertiary/aromatic N) is 1. The van der Waals surface area contributed by atoms with Crippen LogP contribution < -0.4 is 0 Å². The van der Waals surface area contributed by atoms with Gasteiger partial charge in [-0.1, -0.05) is 23.8 Å². The van der Waals surface area contributed by atoms with E-state index in [4.69, 9.17) is 0 Å². The molecule has 0 fully saturated rings. The Balaban J connectivity index is 0.00000121. The van der Waals surface area contributed by atoms with E-state index in [1.54, 1.807) is 36.5 Å². The molecule has 0 spiro atoms. The number of hydrogen-bond acceptors (Lipinski definition) is 3. The molecule has 2 heterocycles. The van der Waals surface area contributed by atoms with Crippen LogP contribution in [-0.2, 0) is 29.9 Å². The smallest absolute Gasteiger partial charge is 0.164 e. The average Bonchev–Trinajstić information content (AvgIpc) is 2.68. The summed E-state index contributed by atoms with van der Waals surface area (Å²) in [5.74, 6) is 0. The number of rotatable bonds is 0. The number of hydrogen-bond donors (Lipinski definition) is 0. The quantitative estimate of drug-likeness (QED) is 0.381. The summed E-state index contributed by atoms with van der Waals surface area (Å²) in [6.45, 7) is 0. The normalized spacial score (nSPS) is 14.4. The van der Waals surface area contributed by atoms with Crippen LogP contribution in [0.3, 0.4) is 0 Å². The molecule has 5 heteroatoms. The van der Waals surface area contributed by atoms with Gasteiger partial charge in [0.25, 0.3) is 0 Å². The van der Waals surface area contributed by atoms with E-state index < -0.39 is 9.84 Å². The van der Waals surface area contributed by atoms with Crippen molar-refractivity contribution in [1.82, 2.24) is 4.98 Å². The Morgan fingerprint density at radius 1 is 1.00 bits per heavy atom. The predicted molar refractivity (Wildman–Crippen MR) is 71.5 cm³/mol. The maximum absolute atomic E-state index is 12.5. The van der Waals surface area contributed by atoms with Gasteiger partial charge in [0, 0.05) is 36.7 Å². The van der Waals surface area contributed by atoms with Gasteiger partial charge in [-0.2, -0.15) is 0 Å². The van der Waals surface area contributed by atoms with Crippen LogP contribution in [0.1, 0.15) is 0 Å². The second kappa shape index (κ2) is 4.48. The average molecular weight is 459 g/mol. The number of aromatic nitrogens is 1. The monoisotopic (exact) mass is 459 g/mol. The first-order valence-electron chi connectivity index (χ1n) is 5.83. The van der Waals surface area contributed by atoms with Gasteiger partial charge in [-0.25, -0.2) is 8.42 Å². The molecule has 0 atom stereocenters. The van der Waals surface area contributed by atoms with Crippen LogP contribution in [0.2, 0.25) is 0 Å². The van der Waals surface area contributed by atoms with Gasteiger partial charge >= 0.3 is 0 Å². The molecule has 20 heavy (non-hydrogen) atoms. The maximum atomic E-state index is 12.5. The summed E-state index contributed by atoms with van der Waals surface area (Å²) in [7, 11) is -3.43. The Labute approximate surface area is 129 Å². The summed E-state index contributed by atoms with van der Waals surface area (Å²) in [6.07, 6.45) is 1.68. The van der Waals surface area contributed by atoms with E-state index in [1.807, 2.05) is 12.1 Å². The molecule has 1 aromatic heterocycles. The molecule has 3 aromatic rings. The second-order valence-electron chi connectivity index (χ2n) is 4.43. The number of benzene rings is 2. The van der Waals surface area contributed by atoms with Crippen LogP contribution >= 0.6 is 0 Å². The molecule has 0 bridgehead atoms. The van der Waals surface area contributed by atoms with Crippen molar-refractivity contribution < 1.29 is 28.5 Å². The second-order valence-corrected chi connectivity index (χ2v) is 6.31. The first-order valence-corrected chi connectivity index (χ1v) is 7.32. The van der Waals surface area contributed by atoms with Crippen molar-refractivity contribution in [3.05, 3.63) is 54.7 Å². The van der Waals surface area contributed by atoms with E-state index in [2.05, 4.69) is 11.1 Å². The fraction of sp³-hybridized carbons (Fsp3) is 0. The first-order chi connectivity index (χ1) is 9.19. The molecule has 0 saturated carbocycles. The Bertz CT molecular complexity index is 936. The molecule has 101 valence electrons. The van der Waals surface area contributed by atoms with E-state index in [0.29, 0.717) is 26.4 Å². The molecule has 0 saturated heterocycles. The zero-order valence-electron chi connectivity index (χ0n) is 10.1. The Kier molecular flexibility index (Phi) is 3.01. The molecule has 0 unspecified atom stereocenters. The molecule has 1 aliphatic rings. The summed E-state index contributed by atoms with van der Waals surface area (Å²) in [6, 6.07) is 15.3. The zero-order chi connectivity index (χ0) is 13.0. The van der Waals surface area contributed by atoms with Crippen molar-refractivity contribution in [2.24, 2.45) is 0 Å². The van der Waals surface area contributed by atoms with Crippen molar-refractivity contribution in [3.63, 3.8) is 0 Å². The molecular weight excluding hydrogens is 450 g/mol. The molecule has 4 rings (SSSR count). The van der Waals surface area contributed by atoms with Gasteiger partial charge in [0.15, 0.2) is 9.84 Å². The SMILES string of the molecule is O=S1(=O)c2ccc[c-]c2-c2c1ccc1cccnc21.[Ir]. The summed E-state index contributed by atoms with van der Waals surface area (Å²) >= 11 is 0. The Hall–Kier alpha value is -1.55. The zero-order valence-corrected chi connectivity index (χ0v) is 13.3. The standard InChI is InChI=1S/C15H8NO2S.Ir/c17-19(18)12-6-2-1-5-11(12)14-13(19)8-7-10-4-3-9-16-15(10)14;/h1-4,6-9H;/q-1;. The van der Waals surface area contributed by atoms with Crippen LogP contribution in [0.4, 0.5) is 0 Å². The van der Waals surface area contributed by atoms with E-state index in [0.717, 1.165) is 5.39 Å². The Morgan fingerprint density at radius 3 is 2.70 bits per heavy atom. The van der Waals surface area contributed by atoms with E-state index in [-0.39, 0.29) is 20.1 Å². The fourth-order valence-corrected chi connectivity index (χ4v) is 4.19. The van der Waals surface area contributed by atoms with Crippen LogP contribution in [0, 0.1) is 6.07 Å². The number of pyridine rings is 1. The summed E-state index contributed by atoms with van der Waals surface area (Å²) in [5.41, 5.74) is 2.01. The third-order valence-corrected chi connectivity index (χ3v) is 5.22. The van der Waals surface area contributed by atoms with E-state index in [1.165, 1.54) is 0 Å². The summed E-state index contributed by atoms with van der Waals surface area (Å²) < 4.78 is 24.9. The van der Waals surface area contributed by atoms with Crippen LogP contribution in [0.25, 0.3) is 22.0 Å². The first kappa shape index (κ1) is 13.4. The third kappa shape index (κ3) is 1.61. The fourth-order valence-electron chi connectivity index (χ4n) is 2.55. The van der Waals surface area contributed by atoms with Crippen molar-refractivity contribution in [2.75, 3.05) is 0 Å². The van der Waals surface area contributed by atoms with Crippen molar-refractivity contribution in [3.8, 4) is 11.1 Å². The number of sulfone groups is 1. The van der Waals surface area contributed by atoms with Gasteiger partial charge < -0.3 is 0 Å². The minimum Gasteiger partial charge on any atom is -0.266 e. The van der Waals surface area contributed by atoms with Crippen LogP contribution in [0.5, 0.6) is 0 Å². The minimum atomic E-state index is -3.43. The maximum Gasteiger partial charge on any atom is 0.164 e. The topological polar surface area (TPSA) is 47.0 Å². The van der Waals surface area contributed by atoms with Gasteiger partial charge in [-0.3, -0.25) is 4.98 Å². The van der Waals surface area contributed by atoms with E-state index >= 15 is 0 Å². The van der Waals surface area contributed by atoms with Gasteiger partial charge in [0.1, 0.15) is 0 Å².